The fourth-order valence-corrected chi connectivity index (χ4v) is 5.58. The molecule has 3 aromatic carbocycles. The van der Waals surface area contributed by atoms with Gasteiger partial charge >= 0.3 is 12.2 Å². The fraction of sp³-hybridized carbons (Fsp3) is 0.355. The van der Waals surface area contributed by atoms with Gasteiger partial charge in [-0.2, -0.15) is 19.6 Å². The molecule has 0 radical (unpaired) electrons. The molecule has 1 saturated heterocycles. The van der Waals surface area contributed by atoms with Crippen LogP contribution in [0, 0.1) is 29.0 Å². The Morgan fingerprint density at radius 1 is 1.16 bits per heavy atom. The zero-order chi connectivity index (χ0) is 31.8. The average Bonchev–Trinajstić information content (AvgIpc) is 2.95. The van der Waals surface area contributed by atoms with E-state index in [4.69, 9.17) is 25.8 Å². The van der Waals surface area contributed by atoms with Gasteiger partial charge in [0.25, 0.3) is 0 Å². The minimum Gasteiger partial charge on any atom is -0.468 e. The van der Waals surface area contributed by atoms with Crippen molar-refractivity contribution >= 4 is 45.2 Å². The first kappa shape index (κ1) is 31.1. The van der Waals surface area contributed by atoms with Crippen molar-refractivity contribution in [3.05, 3.63) is 59.1 Å². The van der Waals surface area contributed by atoms with Gasteiger partial charge in [-0.3, -0.25) is 0 Å². The number of hydrogen-bond acceptors (Lipinski definition) is 8. The molecule has 4 aromatic rings. The fourth-order valence-electron chi connectivity index (χ4n) is 5.29. The molecule has 1 aliphatic heterocycles. The molecule has 0 bridgehead atoms. The van der Waals surface area contributed by atoms with Crippen LogP contribution in [0.1, 0.15) is 27.2 Å². The minimum atomic E-state index is -1.23. The van der Waals surface area contributed by atoms with Crippen LogP contribution in [0.15, 0.2) is 36.4 Å². The summed E-state index contributed by atoms with van der Waals surface area (Å²) in [5, 5.41) is 10.5. The Morgan fingerprint density at radius 3 is 2.64 bits per heavy atom. The molecule has 0 aliphatic carbocycles. The molecule has 5 rings (SSSR count). The highest BCUT2D eigenvalue weighted by molar-refractivity contribution is 6.36. The van der Waals surface area contributed by atoms with Crippen molar-refractivity contribution in [1.82, 2.24) is 14.9 Å². The van der Waals surface area contributed by atoms with Crippen molar-refractivity contribution in [2.24, 2.45) is 0 Å². The van der Waals surface area contributed by atoms with Crippen molar-refractivity contribution in [2.75, 3.05) is 38.4 Å². The first-order valence-corrected chi connectivity index (χ1v) is 14.1. The average molecular weight is 628 g/mol. The number of carbonyl (C=O) groups excluding carboxylic acids is 1. The number of halogens is 4. The van der Waals surface area contributed by atoms with E-state index in [0.29, 0.717) is 10.8 Å². The maximum Gasteiger partial charge on any atom is 0.410 e. The Balaban J connectivity index is 1.61. The number of hydrogen-bond donors (Lipinski definition) is 0. The van der Waals surface area contributed by atoms with Crippen LogP contribution in [-0.4, -0.2) is 66.1 Å². The second kappa shape index (κ2) is 12.3. The van der Waals surface area contributed by atoms with Gasteiger partial charge in [0.1, 0.15) is 28.5 Å². The molecule has 9 nitrogen and oxygen atoms in total. The Kier molecular flexibility index (Phi) is 8.72. The normalized spacial score (nSPS) is 15.5. The number of nitrogens with zero attached hydrogens (tertiary/aromatic N) is 5. The van der Waals surface area contributed by atoms with Crippen LogP contribution in [-0.2, 0) is 9.47 Å². The van der Waals surface area contributed by atoms with Gasteiger partial charge in [-0.05, 0) is 50.4 Å². The predicted molar refractivity (Wildman–Crippen MR) is 159 cm³/mol. The molecule has 1 aliphatic rings. The number of piperazine rings is 1. The molecule has 230 valence electrons. The van der Waals surface area contributed by atoms with E-state index in [1.165, 1.54) is 18.1 Å². The topological polar surface area (TPSA) is 101 Å². The SMILES string of the molecule is COCOc1cc(-c2c(F)cc3c(N4CCN(C(=O)OC(C)(C)C)[C@@H](CC#N)C4)nc(F)nc3c2F)c2c(Cl)cccc2c1. The molecule has 44 heavy (non-hydrogen) atoms. The summed E-state index contributed by atoms with van der Waals surface area (Å²) in [4.78, 5) is 23.4. The number of nitriles is 1. The lowest BCUT2D eigenvalue weighted by Crippen LogP contribution is -2.56. The molecule has 1 aromatic heterocycles. The Labute approximate surface area is 256 Å². The summed E-state index contributed by atoms with van der Waals surface area (Å²) in [5.41, 5.74) is -1.59. The van der Waals surface area contributed by atoms with E-state index < -0.39 is 46.5 Å². The van der Waals surface area contributed by atoms with Crippen LogP contribution < -0.4 is 9.64 Å². The van der Waals surface area contributed by atoms with E-state index in [1.807, 2.05) is 0 Å². The third kappa shape index (κ3) is 6.16. The summed E-state index contributed by atoms with van der Waals surface area (Å²) in [6.07, 6.45) is -1.88. The molecule has 0 N–H and O–H groups in total. The van der Waals surface area contributed by atoms with Gasteiger partial charge in [0, 0.05) is 48.1 Å². The van der Waals surface area contributed by atoms with Crippen LogP contribution in [0.2, 0.25) is 5.02 Å². The smallest absolute Gasteiger partial charge is 0.410 e. The highest BCUT2D eigenvalue weighted by Gasteiger charge is 2.35. The lowest BCUT2D eigenvalue weighted by molar-refractivity contribution is 0.0145. The molecule has 1 fully saturated rings. The number of aromatic nitrogens is 2. The van der Waals surface area contributed by atoms with E-state index in [2.05, 4.69) is 16.0 Å². The maximum absolute atomic E-state index is 16.4. The van der Waals surface area contributed by atoms with Crippen molar-refractivity contribution in [3.8, 4) is 22.9 Å². The third-order valence-electron chi connectivity index (χ3n) is 7.09. The van der Waals surface area contributed by atoms with Crippen LogP contribution in [0.5, 0.6) is 5.75 Å². The number of benzene rings is 3. The Hall–Kier alpha value is -4.34. The predicted octanol–water partition coefficient (Wildman–Crippen LogP) is 6.84. The van der Waals surface area contributed by atoms with Gasteiger partial charge < -0.3 is 24.0 Å². The van der Waals surface area contributed by atoms with Crippen LogP contribution in [0.25, 0.3) is 32.8 Å². The largest absolute Gasteiger partial charge is 0.468 e. The van der Waals surface area contributed by atoms with Crippen molar-refractivity contribution in [1.29, 1.82) is 5.26 Å². The molecule has 13 heteroatoms. The molecule has 1 atom stereocenters. The van der Waals surface area contributed by atoms with Gasteiger partial charge in [-0.1, -0.05) is 23.7 Å². The van der Waals surface area contributed by atoms with E-state index >= 15 is 8.78 Å². The monoisotopic (exact) mass is 627 g/mol. The number of anilines is 1. The van der Waals surface area contributed by atoms with Crippen LogP contribution in [0.4, 0.5) is 23.8 Å². The van der Waals surface area contributed by atoms with E-state index in [9.17, 15) is 14.4 Å². The lowest BCUT2D eigenvalue weighted by atomic mass is 9.95. The first-order chi connectivity index (χ1) is 20.9. The zero-order valence-corrected chi connectivity index (χ0v) is 25.2. The van der Waals surface area contributed by atoms with E-state index in [0.717, 1.165) is 6.07 Å². The van der Waals surface area contributed by atoms with Gasteiger partial charge in [0.15, 0.2) is 12.6 Å². The summed E-state index contributed by atoms with van der Waals surface area (Å²) in [7, 11) is 1.44. The Morgan fingerprint density at radius 2 is 1.93 bits per heavy atom. The van der Waals surface area contributed by atoms with Crippen LogP contribution >= 0.6 is 11.6 Å². The molecule has 2 heterocycles. The number of rotatable bonds is 6. The minimum absolute atomic E-state index is 0.0441. The third-order valence-corrected chi connectivity index (χ3v) is 7.40. The van der Waals surface area contributed by atoms with Crippen molar-refractivity contribution in [2.45, 2.75) is 38.8 Å². The number of methoxy groups -OCH3 is 1. The Bertz CT molecular complexity index is 1790. The molecular weight excluding hydrogens is 599 g/mol. The summed E-state index contributed by atoms with van der Waals surface area (Å²) < 4.78 is 63.4. The number of amides is 1. The summed E-state index contributed by atoms with van der Waals surface area (Å²) >= 11 is 6.49. The zero-order valence-electron chi connectivity index (χ0n) is 24.5. The standard InChI is InChI=1S/C31H29ClF3N5O4/c1-31(2,3)44-30(41)40-11-10-39(15-18(40)8-9-36)28-21-14-23(33)25(26(34)27(21)37-29(35)38-28)20-13-19(43-16-42-4)12-17-6-5-7-22(32)24(17)20/h5-7,12-14,18H,8,10-11,15-16H2,1-4H3/t18-/m0/s1. The second-order valence-electron chi connectivity index (χ2n) is 11.3. The summed E-state index contributed by atoms with van der Waals surface area (Å²) in [5.74, 6) is -1.87. The highest BCUT2D eigenvalue weighted by atomic mass is 35.5. The van der Waals surface area contributed by atoms with Gasteiger partial charge in [0.05, 0.1) is 24.1 Å². The number of carbonyl (C=O) groups is 1. The lowest BCUT2D eigenvalue weighted by Gasteiger charge is -2.41. The molecule has 0 spiro atoms. The van der Waals surface area contributed by atoms with Crippen LogP contribution in [0.3, 0.4) is 0 Å². The number of fused-ring (bicyclic) bond motifs is 2. The van der Waals surface area contributed by atoms with E-state index in [-0.39, 0.29) is 60.4 Å². The van der Waals surface area contributed by atoms with E-state index in [1.54, 1.807) is 49.9 Å². The number of ether oxygens (including phenoxy) is 3. The molecule has 0 unspecified atom stereocenters. The summed E-state index contributed by atoms with van der Waals surface area (Å²) in [6, 6.07) is 10.6. The molecule has 0 saturated carbocycles. The second-order valence-corrected chi connectivity index (χ2v) is 11.7. The highest BCUT2D eigenvalue weighted by Crippen LogP contribution is 2.42. The summed E-state index contributed by atoms with van der Waals surface area (Å²) in [6.45, 7) is 5.37. The van der Waals surface area contributed by atoms with Gasteiger partial charge in [-0.15, -0.1) is 0 Å². The first-order valence-electron chi connectivity index (χ1n) is 13.7. The van der Waals surface area contributed by atoms with Crippen molar-refractivity contribution in [3.63, 3.8) is 0 Å². The quantitative estimate of drug-likeness (QED) is 0.169. The van der Waals surface area contributed by atoms with Gasteiger partial charge in [-0.25, -0.2) is 13.6 Å². The molecular formula is C31H29ClF3N5O4. The van der Waals surface area contributed by atoms with Crippen molar-refractivity contribution < 1.29 is 32.2 Å². The molecule has 1 amide bonds. The van der Waals surface area contributed by atoms with Gasteiger partial charge in [0.2, 0.25) is 0 Å². The maximum atomic E-state index is 16.4.